The van der Waals surface area contributed by atoms with Crippen molar-refractivity contribution in [3.05, 3.63) is 201 Å². The molecule has 0 spiro atoms. The van der Waals surface area contributed by atoms with Crippen LogP contribution in [0.2, 0.25) is 0 Å². The van der Waals surface area contributed by atoms with Gasteiger partial charge in [-0.15, -0.1) is 0 Å². The molecule has 8 aliphatic heterocycles. The first-order valence-corrected chi connectivity index (χ1v) is 45.9. The van der Waals surface area contributed by atoms with Crippen LogP contribution < -0.4 is 37.9 Å². The highest BCUT2D eigenvalue weighted by molar-refractivity contribution is 6.40. The number of carbonyl (C=O) groups excluding carboxylic acids is 5. The molecule has 0 bridgehead atoms. The Kier molecular flexibility index (Phi) is 34.2. The van der Waals surface area contributed by atoms with E-state index < -0.39 is 349 Å². The highest BCUT2D eigenvalue weighted by Crippen LogP contribution is 2.49. The van der Waals surface area contributed by atoms with Crippen molar-refractivity contribution in [2.24, 2.45) is 0 Å². The van der Waals surface area contributed by atoms with Crippen LogP contribution in [0.3, 0.4) is 0 Å². The zero-order valence-corrected chi connectivity index (χ0v) is 77.9. The standard InChI is InChI=1S/C44H50O25.C43H48O24.C7H6O2.Al/c1-60-24-7-16(8-25(61-2)31(24)52)3-6-30(51)68-40-36(57)33(54)29(15-47)67-44(40)69-41-37(58)34(55)28(14-46)66-43(41)64-26-12-19-22(62-39(26)17-4-5-20(49)21(50)9-17)10-18(48)11-23(19)63-42-38(59)35(56)32(53)27(13-45)65-42;1-58-25-7-16(8-26(59-2)32(25)52)3-6-30(50)66-40-36(56)34(54)29(14-45)65-43(40)67-39-31(51)22(49)15-60-42(39)63-27-12-19-23(61-38(27)17-4-5-20(47)21(48)9-17)10-18(46)11-24(19)62-41-37(57)35(55)33(53)28(13-44)64-41;1-5-2-3-6(8)7(9)4-5;/h3-12,27-29,32-38,40-48,50,52-59H,13-15H2,1-2H3;3-12,22,28-29,31,33-37,39-46,48-49,51-57H,13-15H2,1-2H3;2-4,9H,1H2;/q;;;+3/p-3/b6-3+,39-17-;6-3+,38-17-;;. The lowest BCUT2D eigenvalue weighted by atomic mass is 9.97. The minimum Gasteiger partial charge on any atom is -0.575 e. The van der Waals surface area contributed by atoms with Gasteiger partial charge >= 0.3 is 27.1 Å². The minimum absolute atomic E-state index is 0.0838. The lowest BCUT2D eigenvalue weighted by Gasteiger charge is -2.46. The summed E-state index contributed by atoms with van der Waals surface area (Å²) >= 11 is -4.67. The minimum atomic E-state index is -4.67. The molecule has 146 heavy (non-hydrogen) atoms. The molecule has 29 unspecified atom stereocenters. The van der Waals surface area contributed by atoms with Crippen LogP contribution in [0.5, 0.6) is 69.0 Å². The van der Waals surface area contributed by atoms with Crippen LogP contribution in [0.1, 0.15) is 22.3 Å². The number of phenolic OH excluding ortho intramolecular Hbond substituents is 4. The van der Waals surface area contributed by atoms with E-state index in [1.54, 1.807) is 0 Å². The van der Waals surface area contributed by atoms with Crippen molar-refractivity contribution >= 4 is 68.7 Å². The van der Waals surface area contributed by atoms with Crippen molar-refractivity contribution in [3.63, 3.8) is 0 Å². The van der Waals surface area contributed by atoms with E-state index in [4.69, 9.17) is 106 Å². The Hall–Kier alpha value is -12.5. The third kappa shape index (κ3) is 23.1. The fourth-order valence-corrected chi connectivity index (χ4v) is 17.7. The molecule has 0 amide bonds. The Bertz CT molecular complexity index is 5900. The molecule has 8 heterocycles. The number of phenols is 4. The highest BCUT2D eigenvalue weighted by atomic mass is 27.3. The van der Waals surface area contributed by atoms with Gasteiger partial charge in [0, 0.05) is 47.6 Å². The number of methoxy groups -OCH3 is 4. The molecule has 3 aliphatic carbocycles. The van der Waals surface area contributed by atoms with Crippen LogP contribution in [-0.4, -0.2) is 408 Å². The normalized spacial score (nSPS) is 33.3. The van der Waals surface area contributed by atoms with E-state index in [9.17, 15) is 141 Å². The van der Waals surface area contributed by atoms with Gasteiger partial charge in [-0.05, 0) is 114 Å². The summed E-state index contributed by atoms with van der Waals surface area (Å²) in [6.45, 7) is -2.09. The number of hydrogen-bond donors (Lipinski definition) is 23. The van der Waals surface area contributed by atoms with E-state index in [1.807, 2.05) is 0 Å². The number of fused-ring (bicyclic) bond motifs is 2. The highest BCUT2D eigenvalue weighted by Gasteiger charge is 2.58. The number of allylic oxidation sites excluding steroid dienone is 12. The molecular formula is C94H101AlO51. The molecule has 0 saturated carbocycles. The average molecular weight is 2070 g/mol. The van der Waals surface area contributed by atoms with Crippen LogP contribution >= 0.6 is 0 Å². The van der Waals surface area contributed by atoms with Gasteiger partial charge in [-0.2, -0.15) is 0 Å². The van der Waals surface area contributed by atoms with Crippen LogP contribution in [0.15, 0.2) is 179 Å². The van der Waals surface area contributed by atoms with Crippen molar-refractivity contribution in [3.8, 4) is 69.0 Å². The number of aliphatic hydroxyl groups is 19. The van der Waals surface area contributed by atoms with Gasteiger partial charge in [-0.25, -0.2) is 9.59 Å². The Morgan fingerprint density at radius 2 is 0.712 bits per heavy atom. The van der Waals surface area contributed by atoms with E-state index in [0.29, 0.717) is 0 Å². The van der Waals surface area contributed by atoms with Crippen LogP contribution in [0.25, 0.3) is 24.3 Å². The molecule has 4 aromatic carbocycles. The fourth-order valence-electron chi connectivity index (χ4n) is 16.4. The molecule has 786 valence electrons. The molecule has 11 aliphatic rings. The largest absolute Gasteiger partial charge is 1.20 e. The number of carbonyl (C=O) groups is 5. The maximum Gasteiger partial charge on any atom is 1.20 e. The SMILES string of the molecule is C=C1C=CC(=O)C([O][Al]([O]C2=C/C(=C3\Oc4cc(O)cc(OC5OC(CO)C(O)C(O)C5O)c4C=C3OC3OCC(O)C(O)C3OC3OC(CO)C(O)C(O)C3OC(=O)/C=C/c3cc(OC)c(O)c(OC)c3)C=CC2=O)[O]C2=C/C(=C3\Oc4cc(O)cc(OC5OC(CO)C(O)C(O)C5O)c4C=C3OC3OC(CO)C(O)C(O)C3OC3OC(CO)C(O)C(O)C3OC(=O)/C=C/c3cc(OC)c(O)c(OC)c3)C=CC2=O)=C1. The Balaban J connectivity index is 0.806. The van der Waals surface area contributed by atoms with E-state index in [1.165, 1.54) is 64.9 Å². The molecule has 29 atom stereocenters. The van der Waals surface area contributed by atoms with Crippen molar-refractivity contribution in [1.29, 1.82) is 0 Å². The van der Waals surface area contributed by atoms with Crippen molar-refractivity contribution in [2.75, 3.05) is 68.1 Å². The molecule has 51 nitrogen and oxygen atoms in total. The van der Waals surface area contributed by atoms with Gasteiger partial charge in [0.1, 0.15) is 168 Å². The van der Waals surface area contributed by atoms with Crippen LogP contribution in [-0.2, 0) is 92.2 Å². The summed E-state index contributed by atoms with van der Waals surface area (Å²) in [5.41, 5.74) is -0.800. The predicted molar refractivity (Wildman–Crippen MR) is 478 cm³/mol. The monoisotopic (exact) mass is 2070 g/mol. The topological polar surface area (TPSA) is 763 Å². The fraction of sp³-hybridized carbons (Fsp3) is 0.415. The van der Waals surface area contributed by atoms with Gasteiger partial charge in [0.2, 0.25) is 54.0 Å². The number of ether oxygens (including phenoxy) is 20. The summed E-state index contributed by atoms with van der Waals surface area (Å²) in [6.07, 6.45) is -44.2. The molecule has 6 saturated heterocycles. The summed E-state index contributed by atoms with van der Waals surface area (Å²) in [5.74, 6) is -14.7. The quantitative estimate of drug-likeness (QED) is 0.0120. The third-order valence-corrected chi connectivity index (χ3v) is 25.5. The lowest BCUT2D eigenvalue weighted by Crippen LogP contribution is -2.65. The van der Waals surface area contributed by atoms with E-state index in [-0.39, 0.29) is 62.0 Å². The molecule has 0 radical (unpaired) electrons. The number of esters is 2. The first-order chi connectivity index (χ1) is 69.8. The van der Waals surface area contributed by atoms with Crippen LogP contribution in [0, 0.1) is 0 Å². The number of ketones is 3. The number of aliphatic hydroxyl groups excluding tert-OH is 19. The maximum atomic E-state index is 14.7. The Morgan fingerprint density at radius 1 is 0.370 bits per heavy atom. The predicted octanol–water partition coefficient (Wildman–Crippen LogP) is -5.32. The van der Waals surface area contributed by atoms with E-state index in [0.717, 1.165) is 103 Å². The lowest BCUT2D eigenvalue weighted by molar-refractivity contribution is -0.363. The number of hydrogen-bond acceptors (Lipinski definition) is 51. The second-order valence-corrected chi connectivity index (χ2v) is 35.1. The average Bonchev–Trinajstić information content (AvgIpc) is 0.755. The van der Waals surface area contributed by atoms with Gasteiger partial charge in [0.25, 0.3) is 0 Å². The van der Waals surface area contributed by atoms with E-state index >= 15 is 0 Å². The molecule has 23 N–H and O–H groups in total. The maximum absolute atomic E-state index is 14.7. The van der Waals surface area contributed by atoms with Gasteiger partial charge in [-0.1, -0.05) is 12.7 Å². The second-order valence-electron chi connectivity index (χ2n) is 33.8. The molecule has 6 fully saturated rings. The summed E-state index contributed by atoms with van der Waals surface area (Å²) in [7, 11) is 4.94. The first kappa shape index (κ1) is 108. The zero-order valence-electron chi connectivity index (χ0n) is 76.8. The summed E-state index contributed by atoms with van der Waals surface area (Å²) in [6, 6.07) is 9.02. The van der Waals surface area contributed by atoms with E-state index in [2.05, 4.69) is 6.58 Å². The zero-order chi connectivity index (χ0) is 105. The molecule has 0 aromatic heterocycles. The molecular weight excluding hydrogens is 1970 g/mol. The van der Waals surface area contributed by atoms with Gasteiger partial charge in [0.15, 0.2) is 83.0 Å². The Morgan fingerprint density at radius 3 is 1.10 bits per heavy atom. The number of aromatic hydroxyl groups is 4. The number of rotatable bonds is 33. The van der Waals surface area contributed by atoms with Crippen molar-refractivity contribution < 1.29 is 248 Å². The van der Waals surface area contributed by atoms with Crippen molar-refractivity contribution in [1.82, 2.24) is 0 Å². The summed E-state index contributed by atoms with van der Waals surface area (Å²) in [5, 5.41) is 255. The van der Waals surface area contributed by atoms with Crippen LogP contribution in [0.4, 0.5) is 0 Å². The summed E-state index contributed by atoms with van der Waals surface area (Å²) in [4.78, 5) is 71.0. The molecule has 52 heteroatoms. The number of benzene rings is 4. The second kappa shape index (κ2) is 46.3. The summed E-state index contributed by atoms with van der Waals surface area (Å²) < 4.78 is 137. The first-order valence-electron chi connectivity index (χ1n) is 44.4. The molecule has 4 aromatic rings. The van der Waals surface area contributed by atoms with Gasteiger partial charge in [-0.3, -0.25) is 14.4 Å². The van der Waals surface area contributed by atoms with Gasteiger partial charge in [0.05, 0.1) is 79.2 Å². The van der Waals surface area contributed by atoms with Crippen molar-refractivity contribution in [2.45, 2.75) is 178 Å². The third-order valence-electron chi connectivity index (χ3n) is 24.2. The smallest absolute Gasteiger partial charge is 0.575 e. The Labute approximate surface area is 829 Å². The van der Waals surface area contributed by atoms with Gasteiger partial charge < -0.3 is 224 Å². The molecule has 15 rings (SSSR count).